The van der Waals surface area contributed by atoms with E-state index in [-0.39, 0.29) is 11.7 Å². The number of carbonyl (C=O) groups excluding carboxylic acids is 2. The predicted octanol–water partition coefficient (Wildman–Crippen LogP) is 2.39. The smallest absolute Gasteiger partial charge is 0.223 e. The number of carbonyl (C=O) groups is 2. The molecule has 0 unspecified atom stereocenters. The lowest BCUT2D eigenvalue weighted by atomic mass is 9.89. The highest BCUT2D eigenvalue weighted by molar-refractivity contribution is 5.98. The van der Waals surface area contributed by atoms with Gasteiger partial charge in [-0.3, -0.25) is 9.59 Å². The Kier molecular flexibility index (Phi) is 4.88. The Morgan fingerprint density at radius 2 is 1.73 bits per heavy atom. The Balaban J connectivity index is 1.56. The number of ether oxygens (including phenoxy) is 1. The van der Waals surface area contributed by atoms with Gasteiger partial charge in [0.2, 0.25) is 5.91 Å². The lowest BCUT2D eigenvalue weighted by molar-refractivity contribution is -0.135. The van der Waals surface area contributed by atoms with E-state index in [0.29, 0.717) is 39.1 Å². The van der Waals surface area contributed by atoms with Gasteiger partial charge in [-0.05, 0) is 42.9 Å². The van der Waals surface area contributed by atoms with Crippen molar-refractivity contribution in [2.24, 2.45) is 0 Å². The highest BCUT2D eigenvalue weighted by Crippen LogP contribution is 2.23. The molecular formula is C18H23NO3. The molecule has 0 bridgehead atoms. The number of benzene rings is 1. The molecule has 0 spiro atoms. The maximum absolute atomic E-state index is 12.3. The van der Waals surface area contributed by atoms with Crippen LogP contribution in [0.5, 0.6) is 0 Å². The molecule has 0 aromatic heterocycles. The lowest BCUT2D eigenvalue weighted by Gasteiger charge is -2.26. The molecule has 1 aromatic carbocycles. The predicted molar refractivity (Wildman–Crippen MR) is 84.0 cm³/mol. The third-order valence-electron chi connectivity index (χ3n) is 4.60. The molecule has 0 atom stereocenters. The molecule has 1 saturated heterocycles. The van der Waals surface area contributed by atoms with Gasteiger partial charge in [0.25, 0.3) is 0 Å². The number of aryl methyl sites for hydroxylation is 2. The summed E-state index contributed by atoms with van der Waals surface area (Å²) in [5.74, 6) is 0.143. The van der Waals surface area contributed by atoms with E-state index in [2.05, 4.69) is 6.07 Å². The van der Waals surface area contributed by atoms with Gasteiger partial charge in [0, 0.05) is 31.5 Å². The monoisotopic (exact) mass is 301 g/mol. The van der Waals surface area contributed by atoms with Crippen molar-refractivity contribution in [1.29, 1.82) is 0 Å². The van der Waals surface area contributed by atoms with Crippen molar-refractivity contribution >= 4 is 11.7 Å². The molecule has 4 heteroatoms. The van der Waals surface area contributed by atoms with Crippen molar-refractivity contribution in [2.75, 3.05) is 26.3 Å². The summed E-state index contributed by atoms with van der Waals surface area (Å²) in [5.41, 5.74) is 3.46. The van der Waals surface area contributed by atoms with Gasteiger partial charge in [0.1, 0.15) is 0 Å². The van der Waals surface area contributed by atoms with E-state index >= 15 is 0 Å². The summed E-state index contributed by atoms with van der Waals surface area (Å²) < 4.78 is 5.24. The zero-order chi connectivity index (χ0) is 15.4. The second kappa shape index (κ2) is 7.05. The van der Waals surface area contributed by atoms with Gasteiger partial charge in [-0.2, -0.15) is 0 Å². The quantitative estimate of drug-likeness (QED) is 0.802. The number of fused-ring (bicyclic) bond motifs is 1. The number of nitrogens with zero attached hydrogens (tertiary/aromatic N) is 1. The zero-order valence-electron chi connectivity index (χ0n) is 13.0. The van der Waals surface area contributed by atoms with Gasteiger partial charge >= 0.3 is 0 Å². The van der Waals surface area contributed by atoms with E-state index in [9.17, 15) is 9.59 Å². The molecule has 22 heavy (non-hydrogen) atoms. The van der Waals surface area contributed by atoms with Crippen LogP contribution in [0.3, 0.4) is 0 Å². The van der Waals surface area contributed by atoms with Crippen LogP contribution >= 0.6 is 0 Å². The van der Waals surface area contributed by atoms with E-state index in [4.69, 9.17) is 4.74 Å². The van der Waals surface area contributed by atoms with Crippen molar-refractivity contribution in [3.05, 3.63) is 34.9 Å². The average molecular weight is 301 g/mol. The van der Waals surface area contributed by atoms with Crippen LogP contribution in [0, 0.1) is 0 Å². The minimum absolute atomic E-state index is 0.0645. The largest absolute Gasteiger partial charge is 0.378 e. The first-order chi connectivity index (χ1) is 10.7. The molecule has 1 fully saturated rings. The van der Waals surface area contributed by atoms with Crippen molar-refractivity contribution in [3.63, 3.8) is 0 Å². The maximum Gasteiger partial charge on any atom is 0.223 e. The normalized spacial score (nSPS) is 17.9. The maximum atomic E-state index is 12.3. The number of hydrogen-bond donors (Lipinski definition) is 0. The summed E-state index contributed by atoms with van der Waals surface area (Å²) in [5, 5.41) is 0. The number of rotatable bonds is 4. The number of Topliss-reactive ketones (excluding diaryl/α,β-unsaturated/α-hetero) is 1. The van der Waals surface area contributed by atoms with Crippen LogP contribution in [0.2, 0.25) is 0 Å². The molecule has 0 radical (unpaired) electrons. The molecule has 1 heterocycles. The summed E-state index contributed by atoms with van der Waals surface area (Å²) in [6.07, 6.45) is 5.25. The SMILES string of the molecule is O=C(CCC(=O)N1CCOCC1)c1ccc2c(c1)CCCC2. The third-order valence-corrected chi connectivity index (χ3v) is 4.60. The van der Waals surface area contributed by atoms with Gasteiger partial charge < -0.3 is 9.64 Å². The minimum atomic E-state index is 0.0645. The van der Waals surface area contributed by atoms with Gasteiger partial charge in [-0.1, -0.05) is 12.1 Å². The molecule has 0 saturated carbocycles. The van der Waals surface area contributed by atoms with Gasteiger partial charge in [0.15, 0.2) is 5.78 Å². The second-order valence-electron chi connectivity index (χ2n) is 6.11. The summed E-state index contributed by atoms with van der Waals surface area (Å²) in [6.45, 7) is 2.49. The highest BCUT2D eigenvalue weighted by Gasteiger charge is 2.19. The van der Waals surface area contributed by atoms with E-state index in [1.54, 1.807) is 4.90 Å². The first-order valence-corrected chi connectivity index (χ1v) is 8.24. The molecule has 2 aliphatic rings. The molecule has 1 aliphatic heterocycles. The highest BCUT2D eigenvalue weighted by atomic mass is 16.5. The van der Waals surface area contributed by atoms with Crippen LogP contribution in [0.25, 0.3) is 0 Å². The first-order valence-electron chi connectivity index (χ1n) is 8.24. The molecular weight excluding hydrogens is 278 g/mol. The van der Waals surface area contributed by atoms with Crippen LogP contribution in [0.4, 0.5) is 0 Å². The fraction of sp³-hybridized carbons (Fsp3) is 0.556. The standard InChI is InChI=1S/C18H23NO3/c20-17(7-8-18(21)19-9-11-22-12-10-19)16-6-5-14-3-1-2-4-15(14)13-16/h5-6,13H,1-4,7-12H2. The molecule has 118 valence electrons. The van der Waals surface area contributed by atoms with E-state index in [1.165, 1.54) is 24.0 Å². The fourth-order valence-corrected chi connectivity index (χ4v) is 3.24. The number of amides is 1. The van der Waals surface area contributed by atoms with E-state index in [1.807, 2.05) is 12.1 Å². The Morgan fingerprint density at radius 1 is 1.00 bits per heavy atom. The van der Waals surface area contributed by atoms with Gasteiger partial charge in [0.05, 0.1) is 13.2 Å². The number of hydrogen-bond acceptors (Lipinski definition) is 3. The average Bonchev–Trinajstić information content (AvgIpc) is 2.59. The second-order valence-corrected chi connectivity index (χ2v) is 6.11. The van der Waals surface area contributed by atoms with E-state index < -0.39 is 0 Å². The van der Waals surface area contributed by atoms with Crippen molar-refractivity contribution < 1.29 is 14.3 Å². The third kappa shape index (κ3) is 3.55. The minimum Gasteiger partial charge on any atom is -0.378 e. The summed E-state index contributed by atoms with van der Waals surface area (Å²) in [6, 6.07) is 6.05. The van der Waals surface area contributed by atoms with Crippen molar-refractivity contribution in [1.82, 2.24) is 4.90 Å². The number of morpholine rings is 1. The molecule has 3 rings (SSSR count). The Bertz CT molecular complexity index is 561. The van der Waals surface area contributed by atoms with Crippen molar-refractivity contribution in [3.8, 4) is 0 Å². The molecule has 0 N–H and O–H groups in total. The van der Waals surface area contributed by atoms with Crippen molar-refractivity contribution in [2.45, 2.75) is 38.5 Å². The summed E-state index contributed by atoms with van der Waals surface area (Å²) in [7, 11) is 0. The molecule has 1 aliphatic carbocycles. The first kappa shape index (κ1) is 15.2. The zero-order valence-corrected chi connectivity index (χ0v) is 13.0. The fourth-order valence-electron chi connectivity index (χ4n) is 3.24. The van der Waals surface area contributed by atoms with Gasteiger partial charge in [-0.25, -0.2) is 0 Å². The van der Waals surface area contributed by atoms with Crippen LogP contribution in [-0.2, 0) is 22.4 Å². The number of ketones is 1. The molecule has 1 amide bonds. The Hall–Kier alpha value is -1.68. The Morgan fingerprint density at radius 3 is 2.50 bits per heavy atom. The van der Waals surface area contributed by atoms with E-state index in [0.717, 1.165) is 18.4 Å². The van der Waals surface area contributed by atoms with Crippen LogP contribution in [0.15, 0.2) is 18.2 Å². The molecule has 1 aromatic rings. The molecule has 4 nitrogen and oxygen atoms in total. The Labute approximate surface area is 131 Å². The summed E-state index contributed by atoms with van der Waals surface area (Å²) >= 11 is 0. The summed E-state index contributed by atoms with van der Waals surface area (Å²) in [4.78, 5) is 26.2. The van der Waals surface area contributed by atoms with Crippen LogP contribution in [0.1, 0.15) is 47.2 Å². The lowest BCUT2D eigenvalue weighted by Crippen LogP contribution is -2.40. The van der Waals surface area contributed by atoms with Gasteiger partial charge in [-0.15, -0.1) is 0 Å². The van der Waals surface area contributed by atoms with Crippen LogP contribution < -0.4 is 0 Å². The topological polar surface area (TPSA) is 46.6 Å². The van der Waals surface area contributed by atoms with Crippen LogP contribution in [-0.4, -0.2) is 42.9 Å².